The van der Waals surface area contributed by atoms with E-state index in [1.165, 1.54) is 18.2 Å². The highest BCUT2D eigenvalue weighted by molar-refractivity contribution is 7.87. The summed E-state index contributed by atoms with van der Waals surface area (Å²) in [6.45, 7) is 0.472. The van der Waals surface area contributed by atoms with Gasteiger partial charge in [0.25, 0.3) is 0 Å². The van der Waals surface area contributed by atoms with Crippen LogP contribution in [0.5, 0.6) is 5.75 Å². The van der Waals surface area contributed by atoms with E-state index in [1.807, 2.05) is 0 Å². The van der Waals surface area contributed by atoms with Gasteiger partial charge in [-0.25, -0.2) is 4.39 Å². The van der Waals surface area contributed by atoms with Crippen molar-refractivity contribution in [1.29, 1.82) is 0 Å². The predicted molar refractivity (Wildman–Crippen MR) is 85.5 cm³/mol. The lowest BCUT2D eigenvalue weighted by molar-refractivity contribution is 0.480. The number of halogens is 2. The van der Waals surface area contributed by atoms with E-state index in [1.54, 1.807) is 12.1 Å². The van der Waals surface area contributed by atoms with E-state index in [4.69, 9.17) is 15.8 Å². The first kappa shape index (κ1) is 16.2. The molecule has 122 valence electrons. The number of rotatable bonds is 6. The molecule has 0 spiro atoms. The van der Waals surface area contributed by atoms with Gasteiger partial charge in [-0.1, -0.05) is 11.6 Å². The first-order chi connectivity index (χ1) is 10.9. The third kappa shape index (κ3) is 4.22. The highest BCUT2D eigenvalue weighted by atomic mass is 35.5. The van der Waals surface area contributed by atoms with Gasteiger partial charge < -0.3 is 9.50 Å². The van der Waals surface area contributed by atoms with Crippen molar-refractivity contribution in [2.24, 2.45) is 0 Å². The van der Waals surface area contributed by atoms with Crippen LogP contribution in [0.15, 0.2) is 47.4 Å². The summed E-state index contributed by atoms with van der Waals surface area (Å²) in [5.41, 5.74) is 0.662. The second-order valence-corrected chi connectivity index (χ2v) is 7.38. The molecule has 3 rings (SSSR count). The Morgan fingerprint density at radius 1 is 1.17 bits per heavy atom. The van der Waals surface area contributed by atoms with Crippen LogP contribution in [0.25, 0.3) is 0 Å². The van der Waals surface area contributed by atoms with Gasteiger partial charge in [-0.05, 0) is 55.3 Å². The largest absolute Gasteiger partial charge is 0.379 e. The molecule has 0 atom stereocenters. The Morgan fingerprint density at radius 2 is 1.87 bits per heavy atom. The molecule has 0 heterocycles. The average molecular weight is 356 g/mol. The Bertz CT molecular complexity index is 805. The quantitative estimate of drug-likeness (QED) is 0.806. The van der Waals surface area contributed by atoms with Gasteiger partial charge in [0, 0.05) is 23.2 Å². The highest BCUT2D eigenvalue weighted by Gasteiger charge is 2.22. The summed E-state index contributed by atoms with van der Waals surface area (Å²) in [5, 5.41) is 3.79. The molecule has 1 fully saturated rings. The molecule has 4 nitrogen and oxygen atoms in total. The van der Waals surface area contributed by atoms with Crippen LogP contribution >= 0.6 is 11.6 Å². The number of hydrogen-bond acceptors (Lipinski definition) is 4. The standard InChI is InChI=1S/C16H15ClFNO3S/c17-12-1-8-16(11(9-12)10-19-14-4-5-14)22-23(20,21)15-6-2-13(18)3-7-15/h1-3,6-9,14,19H,4-5,10H2. The summed E-state index contributed by atoms with van der Waals surface area (Å²) in [5.74, 6) is -0.295. The smallest absolute Gasteiger partial charge is 0.339 e. The topological polar surface area (TPSA) is 55.4 Å². The summed E-state index contributed by atoms with van der Waals surface area (Å²) in [6.07, 6.45) is 2.23. The molecule has 0 saturated heterocycles. The summed E-state index contributed by atoms with van der Waals surface area (Å²) in [6, 6.07) is 9.72. The average Bonchev–Trinajstić information content (AvgIpc) is 3.32. The number of hydrogen-bond donors (Lipinski definition) is 1. The van der Waals surface area contributed by atoms with Crippen LogP contribution in [0.2, 0.25) is 5.02 Å². The van der Waals surface area contributed by atoms with Crippen LogP contribution < -0.4 is 9.50 Å². The molecule has 23 heavy (non-hydrogen) atoms. The first-order valence-corrected chi connectivity index (χ1v) is 8.94. The lowest BCUT2D eigenvalue weighted by Crippen LogP contribution is -2.17. The van der Waals surface area contributed by atoms with Crippen molar-refractivity contribution in [3.8, 4) is 5.75 Å². The van der Waals surface area contributed by atoms with Gasteiger partial charge in [-0.2, -0.15) is 8.42 Å². The zero-order chi connectivity index (χ0) is 16.4. The van der Waals surface area contributed by atoms with Crippen molar-refractivity contribution in [1.82, 2.24) is 5.32 Å². The minimum absolute atomic E-state index is 0.102. The summed E-state index contributed by atoms with van der Waals surface area (Å²) < 4.78 is 42.8. The van der Waals surface area contributed by atoms with E-state index in [2.05, 4.69) is 5.32 Å². The Hall–Kier alpha value is -1.63. The van der Waals surface area contributed by atoms with E-state index >= 15 is 0 Å². The van der Waals surface area contributed by atoms with Gasteiger partial charge in [0.1, 0.15) is 16.5 Å². The Labute approximate surface area is 139 Å². The van der Waals surface area contributed by atoms with Gasteiger partial charge in [0.05, 0.1) is 0 Å². The van der Waals surface area contributed by atoms with E-state index in [0.717, 1.165) is 25.0 Å². The van der Waals surface area contributed by atoms with E-state index < -0.39 is 15.9 Å². The maximum absolute atomic E-state index is 12.9. The summed E-state index contributed by atoms with van der Waals surface area (Å²) >= 11 is 5.98. The zero-order valence-electron chi connectivity index (χ0n) is 12.1. The van der Waals surface area contributed by atoms with Crippen molar-refractivity contribution < 1.29 is 17.0 Å². The van der Waals surface area contributed by atoms with Crippen molar-refractivity contribution in [3.05, 3.63) is 58.9 Å². The van der Waals surface area contributed by atoms with E-state index in [9.17, 15) is 12.8 Å². The number of benzene rings is 2. The maximum Gasteiger partial charge on any atom is 0.339 e. The summed E-state index contributed by atoms with van der Waals surface area (Å²) in [4.78, 5) is -0.102. The Morgan fingerprint density at radius 3 is 2.52 bits per heavy atom. The van der Waals surface area contributed by atoms with Gasteiger partial charge in [-0.15, -0.1) is 0 Å². The fraction of sp³-hybridized carbons (Fsp3) is 0.250. The SMILES string of the molecule is O=S(=O)(Oc1ccc(Cl)cc1CNC1CC1)c1ccc(F)cc1. The van der Waals surface area contributed by atoms with Crippen molar-refractivity contribution >= 4 is 21.7 Å². The van der Waals surface area contributed by atoms with Crippen LogP contribution in [0.3, 0.4) is 0 Å². The second kappa shape index (κ2) is 6.47. The van der Waals surface area contributed by atoms with Crippen molar-refractivity contribution in [3.63, 3.8) is 0 Å². The fourth-order valence-corrected chi connectivity index (χ4v) is 3.24. The molecule has 1 N–H and O–H groups in total. The molecule has 0 radical (unpaired) electrons. The Balaban J connectivity index is 1.84. The van der Waals surface area contributed by atoms with Crippen molar-refractivity contribution in [2.45, 2.75) is 30.3 Å². The number of nitrogens with one attached hydrogen (secondary N) is 1. The third-order valence-corrected chi connectivity index (χ3v) is 4.97. The van der Waals surface area contributed by atoms with Gasteiger partial charge >= 0.3 is 10.1 Å². The molecule has 2 aromatic carbocycles. The maximum atomic E-state index is 12.9. The monoisotopic (exact) mass is 355 g/mol. The van der Waals surface area contributed by atoms with Gasteiger partial charge in [0.15, 0.2) is 0 Å². The molecular formula is C16H15ClFNO3S. The molecule has 1 saturated carbocycles. The van der Waals surface area contributed by atoms with Crippen LogP contribution in [-0.2, 0) is 16.7 Å². The predicted octanol–water partition coefficient (Wildman–Crippen LogP) is 3.50. The van der Waals surface area contributed by atoms with Crippen LogP contribution in [0.4, 0.5) is 4.39 Å². The minimum Gasteiger partial charge on any atom is -0.379 e. The van der Waals surface area contributed by atoms with E-state index in [-0.39, 0.29) is 10.6 Å². The zero-order valence-corrected chi connectivity index (χ0v) is 13.7. The summed E-state index contributed by atoms with van der Waals surface area (Å²) in [7, 11) is -4.03. The highest BCUT2D eigenvalue weighted by Crippen LogP contribution is 2.28. The van der Waals surface area contributed by atoms with Crippen LogP contribution in [0, 0.1) is 5.82 Å². The second-order valence-electron chi connectivity index (χ2n) is 5.40. The molecule has 0 aromatic heterocycles. The van der Waals surface area contributed by atoms with Gasteiger partial charge in [-0.3, -0.25) is 0 Å². The molecule has 7 heteroatoms. The first-order valence-electron chi connectivity index (χ1n) is 7.16. The molecule has 1 aliphatic rings. The Kier molecular flexibility index (Phi) is 4.57. The third-order valence-electron chi connectivity index (χ3n) is 3.48. The molecular weight excluding hydrogens is 341 g/mol. The molecule has 2 aromatic rings. The molecule has 0 bridgehead atoms. The normalized spacial score (nSPS) is 14.7. The molecule has 0 amide bonds. The van der Waals surface area contributed by atoms with Crippen LogP contribution in [-0.4, -0.2) is 14.5 Å². The lowest BCUT2D eigenvalue weighted by atomic mass is 10.2. The van der Waals surface area contributed by atoms with E-state index in [0.29, 0.717) is 23.2 Å². The lowest BCUT2D eigenvalue weighted by Gasteiger charge is -2.12. The molecule has 0 unspecified atom stereocenters. The minimum atomic E-state index is -4.03. The molecule has 1 aliphatic carbocycles. The molecule has 0 aliphatic heterocycles. The van der Waals surface area contributed by atoms with Gasteiger partial charge in [0.2, 0.25) is 0 Å². The van der Waals surface area contributed by atoms with Crippen molar-refractivity contribution in [2.75, 3.05) is 0 Å². The van der Waals surface area contributed by atoms with Crippen LogP contribution in [0.1, 0.15) is 18.4 Å². The fourth-order valence-electron chi connectivity index (χ4n) is 2.08.